The van der Waals surface area contributed by atoms with Crippen LogP contribution in [0.15, 0.2) is 24.3 Å². The van der Waals surface area contributed by atoms with Crippen LogP contribution in [0.2, 0.25) is 0 Å². The minimum Gasteiger partial charge on any atom is -0.484 e. The van der Waals surface area contributed by atoms with Crippen LogP contribution in [-0.4, -0.2) is 19.1 Å². The van der Waals surface area contributed by atoms with Crippen LogP contribution in [-0.2, 0) is 4.79 Å². The molecule has 1 aromatic carbocycles. The average molecular weight is 236 g/mol. The molecule has 4 nitrogen and oxygen atoms in total. The molecule has 1 aromatic rings. The van der Waals surface area contributed by atoms with Crippen molar-refractivity contribution < 1.29 is 9.53 Å². The van der Waals surface area contributed by atoms with Crippen molar-refractivity contribution in [2.45, 2.75) is 20.3 Å². The van der Waals surface area contributed by atoms with Crippen molar-refractivity contribution in [3.63, 3.8) is 0 Å². The molecule has 0 radical (unpaired) electrons. The van der Waals surface area contributed by atoms with Crippen molar-refractivity contribution in [3.8, 4) is 5.75 Å². The Kier molecular flexibility index (Phi) is 5.33. The van der Waals surface area contributed by atoms with Gasteiger partial charge in [0.15, 0.2) is 6.61 Å². The van der Waals surface area contributed by atoms with Crippen LogP contribution < -0.4 is 15.8 Å². The normalized spacial score (nSPS) is 11.9. The lowest BCUT2D eigenvalue weighted by molar-refractivity contribution is -0.119. The fourth-order valence-corrected chi connectivity index (χ4v) is 1.29. The minimum atomic E-state index is -0.469. The Labute approximate surface area is 102 Å². The number of benzene rings is 1. The van der Waals surface area contributed by atoms with Crippen LogP contribution in [0.1, 0.15) is 20.3 Å². The first-order chi connectivity index (χ1) is 8.11. The summed E-state index contributed by atoms with van der Waals surface area (Å²) in [5.41, 5.74) is 6.01. The van der Waals surface area contributed by atoms with Crippen molar-refractivity contribution in [1.82, 2.24) is 0 Å². The maximum absolute atomic E-state index is 10.6. The second-order valence-electron chi connectivity index (χ2n) is 4.18. The molecule has 17 heavy (non-hydrogen) atoms. The molecule has 94 valence electrons. The number of anilines is 1. The van der Waals surface area contributed by atoms with E-state index in [1.807, 2.05) is 18.2 Å². The molecule has 0 aromatic heterocycles. The summed E-state index contributed by atoms with van der Waals surface area (Å²) in [4.78, 5) is 10.6. The number of nitrogens with one attached hydrogen (secondary N) is 1. The van der Waals surface area contributed by atoms with E-state index in [4.69, 9.17) is 10.5 Å². The molecule has 0 heterocycles. The fraction of sp³-hybridized carbons (Fsp3) is 0.462. The summed E-state index contributed by atoms with van der Waals surface area (Å²) < 4.78 is 5.23. The van der Waals surface area contributed by atoms with Crippen molar-refractivity contribution >= 4 is 11.6 Å². The zero-order valence-corrected chi connectivity index (χ0v) is 10.4. The van der Waals surface area contributed by atoms with Crippen LogP contribution in [0.4, 0.5) is 5.69 Å². The van der Waals surface area contributed by atoms with Gasteiger partial charge in [0.25, 0.3) is 5.91 Å². The van der Waals surface area contributed by atoms with Gasteiger partial charge in [0.05, 0.1) is 0 Å². The van der Waals surface area contributed by atoms with Crippen LogP contribution in [0.5, 0.6) is 5.75 Å². The topological polar surface area (TPSA) is 64.3 Å². The van der Waals surface area contributed by atoms with Gasteiger partial charge in [0, 0.05) is 18.3 Å². The molecule has 1 rings (SSSR count). The summed E-state index contributed by atoms with van der Waals surface area (Å²) in [5, 5.41) is 3.33. The summed E-state index contributed by atoms with van der Waals surface area (Å²) in [6, 6.07) is 7.53. The van der Waals surface area contributed by atoms with E-state index in [1.165, 1.54) is 0 Å². The molecule has 0 aliphatic rings. The standard InChI is InChI=1S/C13H20N2O2/c1-3-10(2)8-15-11-5-4-6-12(7-11)17-9-13(14)16/h4-7,10,15H,3,8-9H2,1-2H3,(H2,14,16). The number of ether oxygens (including phenoxy) is 1. The smallest absolute Gasteiger partial charge is 0.255 e. The van der Waals surface area contributed by atoms with E-state index in [2.05, 4.69) is 19.2 Å². The van der Waals surface area contributed by atoms with E-state index in [9.17, 15) is 4.79 Å². The van der Waals surface area contributed by atoms with Crippen LogP contribution in [0.25, 0.3) is 0 Å². The Hall–Kier alpha value is -1.71. The van der Waals surface area contributed by atoms with Crippen LogP contribution in [0.3, 0.4) is 0 Å². The average Bonchev–Trinajstić information content (AvgIpc) is 2.34. The highest BCUT2D eigenvalue weighted by Gasteiger charge is 2.01. The highest BCUT2D eigenvalue weighted by molar-refractivity contribution is 5.75. The zero-order chi connectivity index (χ0) is 12.7. The molecule has 0 aliphatic heterocycles. The quantitative estimate of drug-likeness (QED) is 0.761. The lowest BCUT2D eigenvalue weighted by Gasteiger charge is -2.12. The van der Waals surface area contributed by atoms with Gasteiger partial charge in [-0.15, -0.1) is 0 Å². The lowest BCUT2D eigenvalue weighted by Crippen LogP contribution is -2.20. The Bertz CT molecular complexity index is 366. The summed E-state index contributed by atoms with van der Waals surface area (Å²) in [7, 11) is 0. The lowest BCUT2D eigenvalue weighted by atomic mass is 10.1. The summed E-state index contributed by atoms with van der Waals surface area (Å²) in [6.45, 7) is 5.20. The maximum atomic E-state index is 10.6. The van der Waals surface area contributed by atoms with E-state index >= 15 is 0 Å². The third-order valence-corrected chi connectivity index (χ3v) is 2.57. The molecule has 3 N–H and O–H groups in total. The van der Waals surface area contributed by atoms with E-state index in [-0.39, 0.29) is 6.61 Å². The molecule has 0 aliphatic carbocycles. The Morgan fingerprint density at radius 3 is 2.94 bits per heavy atom. The number of carbonyl (C=O) groups excluding carboxylic acids is 1. The molecule has 0 fully saturated rings. The van der Waals surface area contributed by atoms with Crippen molar-refractivity contribution in [2.24, 2.45) is 11.7 Å². The van der Waals surface area contributed by atoms with E-state index in [0.29, 0.717) is 11.7 Å². The highest BCUT2D eigenvalue weighted by Crippen LogP contribution is 2.17. The Morgan fingerprint density at radius 2 is 2.29 bits per heavy atom. The molecule has 1 unspecified atom stereocenters. The summed E-state index contributed by atoms with van der Waals surface area (Å²) in [6.07, 6.45) is 1.14. The van der Waals surface area contributed by atoms with Gasteiger partial charge in [-0.2, -0.15) is 0 Å². The van der Waals surface area contributed by atoms with Gasteiger partial charge in [0.1, 0.15) is 5.75 Å². The molecular formula is C13H20N2O2. The van der Waals surface area contributed by atoms with E-state index in [1.54, 1.807) is 6.07 Å². The minimum absolute atomic E-state index is 0.0885. The Balaban J connectivity index is 2.50. The van der Waals surface area contributed by atoms with Crippen molar-refractivity contribution in [1.29, 1.82) is 0 Å². The molecule has 0 spiro atoms. The first-order valence-corrected chi connectivity index (χ1v) is 5.87. The SMILES string of the molecule is CCC(C)CNc1cccc(OCC(N)=O)c1. The number of nitrogens with two attached hydrogens (primary N) is 1. The van der Waals surface area contributed by atoms with Crippen LogP contribution >= 0.6 is 0 Å². The molecule has 0 bridgehead atoms. The molecule has 1 amide bonds. The van der Waals surface area contributed by atoms with Gasteiger partial charge in [-0.05, 0) is 18.1 Å². The van der Waals surface area contributed by atoms with Gasteiger partial charge >= 0.3 is 0 Å². The van der Waals surface area contributed by atoms with Crippen molar-refractivity contribution in [2.75, 3.05) is 18.5 Å². The zero-order valence-electron chi connectivity index (χ0n) is 10.4. The molecule has 1 atom stereocenters. The number of amides is 1. The van der Waals surface area contributed by atoms with Gasteiger partial charge < -0.3 is 15.8 Å². The Morgan fingerprint density at radius 1 is 1.53 bits per heavy atom. The monoisotopic (exact) mass is 236 g/mol. The van der Waals surface area contributed by atoms with Crippen molar-refractivity contribution in [3.05, 3.63) is 24.3 Å². The van der Waals surface area contributed by atoms with Gasteiger partial charge in [-0.3, -0.25) is 4.79 Å². The van der Waals surface area contributed by atoms with E-state index < -0.39 is 5.91 Å². The summed E-state index contributed by atoms with van der Waals surface area (Å²) >= 11 is 0. The maximum Gasteiger partial charge on any atom is 0.255 e. The number of primary amides is 1. The third-order valence-electron chi connectivity index (χ3n) is 2.57. The highest BCUT2D eigenvalue weighted by atomic mass is 16.5. The molecular weight excluding hydrogens is 216 g/mol. The first-order valence-electron chi connectivity index (χ1n) is 5.87. The fourth-order valence-electron chi connectivity index (χ4n) is 1.29. The van der Waals surface area contributed by atoms with Gasteiger partial charge in [-0.25, -0.2) is 0 Å². The van der Waals surface area contributed by atoms with Gasteiger partial charge in [0.2, 0.25) is 0 Å². The third kappa shape index (κ3) is 5.24. The number of rotatable bonds is 7. The number of hydrogen-bond acceptors (Lipinski definition) is 3. The van der Waals surface area contributed by atoms with Gasteiger partial charge in [-0.1, -0.05) is 26.3 Å². The number of hydrogen-bond donors (Lipinski definition) is 2. The predicted octanol–water partition coefficient (Wildman–Crippen LogP) is 2.01. The molecule has 4 heteroatoms. The van der Waals surface area contributed by atoms with Crippen LogP contribution in [0, 0.1) is 5.92 Å². The molecule has 0 saturated heterocycles. The molecule has 0 saturated carbocycles. The van der Waals surface area contributed by atoms with E-state index in [0.717, 1.165) is 18.7 Å². The second-order valence-corrected chi connectivity index (χ2v) is 4.18. The second kappa shape index (κ2) is 6.78. The largest absolute Gasteiger partial charge is 0.484 e. The summed E-state index contributed by atoms with van der Waals surface area (Å²) in [5.74, 6) is 0.811. The number of carbonyl (C=O) groups is 1. The predicted molar refractivity (Wildman–Crippen MR) is 69.1 cm³/mol. The first kappa shape index (κ1) is 13.4.